The Morgan fingerprint density at radius 3 is 2.87 bits per heavy atom. The lowest BCUT2D eigenvalue weighted by Crippen LogP contribution is -2.03. The molecule has 0 atom stereocenters. The van der Waals surface area contributed by atoms with Gasteiger partial charge in [0.2, 0.25) is 0 Å². The number of hydrogen-bond acceptors (Lipinski definition) is 4. The van der Waals surface area contributed by atoms with Gasteiger partial charge in [-0.25, -0.2) is 9.97 Å². The van der Waals surface area contributed by atoms with Crippen LogP contribution in [-0.4, -0.2) is 9.97 Å². The van der Waals surface area contributed by atoms with Crippen molar-refractivity contribution in [2.75, 3.05) is 5.32 Å². The number of rotatable bonds is 3. The molecule has 0 spiro atoms. The summed E-state index contributed by atoms with van der Waals surface area (Å²) in [5.74, 6) is 1.70. The SMILES string of the molecule is Cc1cc(NCc2ccsc2)nc(C)n1. The summed E-state index contributed by atoms with van der Waals surface area (Å²) in [4.78, 5) is 8.54. The summed E-state index contributed by atoms with van der Waals surface area (Å²) in [5.41, 5.74) is 2.28. The van der Waals surface area contributed by atoms with E-state index in [0.717, 1.165) is 23.9 Å². The van der Waals surface area contributed by atoms with E-state index in [0.29, 0.717) is 0 Å². The van der Waals surface area contributed by atoms with Crippen LogP contribution in [0, 0.1) is 13.8 Å². The Bertz CT molecular complexity index is 417. The zero-order chi connectivity index (χ0) is 10.7. The average Bonchev–Trinajstić information content (AvgIpc) is 2.65. The van der Waals surface area contributed by atoms with Gasteiger partial charge in [-0.05, 0) is 36.2 Å². The first kappa shape index (κ1) is 10.1. The Labute approximate surface area is 93.2 Å². The molecule has 0 aliphatic heterocycles. The minimum atomic E-state index is 0.808. The van der Waals surface area contributed by atoms with Gasteiger partial charge in [-0.15, -0.1) is 0 Å². The third-order valence-corrected chi connectivity index (χ3v) is 2.75. The minimum Gasteiger partial charge on any atom is -0.366 e. The van der Waals surface area contributed by atoms with Gasteiger partial charge in [0, 0.05) is 18.3 Å². The van der Waals surface area contributed by atoms with Crippen molar-refractivity contribution in [3.05, 3.63) is 40.0 Å². The van der Waals surface area contributed by atoms with Crippen LogP contribution in [0.3, 0.4) is 0 Å². The van der Waals surface area contributed by atoms with E-state index < -0.39 is 0 Å². The number of anilines is 1. The molecule has 78 valence electrons. The molecule has 0 radical (unpaired) electrons. The molecule has 4 heteroatoms. The fraction of sp³-hybridized carbons (Fsp3) is 0.273. The summed E-state index contributed by atoms with van der Waals surface area (Å²) < 4.78 is 0. The average molecular weight is 219 g/mol. The smallest absolute Gasteiger partial charge is 0.130 e. The second kappa shape index (κ2) is 4.40. The molecule has 0 aliphatic carbocycles. The Hall–Kier alpha value is -1.42. The van der Waals surface area contributed by atoms with Gasteiger partial charge in [0.25, 0.3) is 0 Å². The van der Waals surface area contributed by atoms with Gasteiger partial charge in [0.1, 0.15) is 11.6 Å². The molecular formula is C11H13N3S. The molecule has 0 saturated heterocycles. The number of thiophene rings is 1. The lowest BCUT2D eigenvalue weighted by Gasteiger charge is -2.05. The number of hydrogen-bond donors (Lipinski definition) is 1. The van der Waals surface area contributed by atoms with Gasteiger partial charge in [-0.3, -0.25) is 0 Å². The molecule has 15 heavy (non-hydrogen) atoms. The van der Waals surface area contributed by atoms with Crippen molar-refractivity contribution in [2.24, 2.45) is 0 Å². The van der Waals surface area contributed by atoms with E-state index >= 15 is 0 Å². The normalized spacial score (nSPS) is 10.3. The van der Waals surface area contributed by atoms with E-state index in [2.05, 4.69) is 32.1 Å². The highest BCUT2D eigenvalue weighted by Gasteiger charge is 1.98. The maximum atomic E-state index is 4.31. The second-order valence-corrected chi connectivity index (χ2v) is 4.21. The van der Waals surface area contributed by atoms with Gasteiger partial charge >= 0.3 is 0 Å². The fourth-order valence-electron chi connectivity index (χ4n) is 1.39. The molecule has 0 aromatic carbocycles. The molecule has 2 aromatic heterocycles. The van der Waals surface area contributed by atoms with Gasteiger partial charge in [-0.1, -0.05) is 0 Å². The Morgan fingerprint density at radius 2 is 2.20 bits per heavy atom. The first-order valence-corrected chi connectivity index (χ1v) is 5.75. The summed E-state index contributed by atoms with van der Waals surface area (Å²) in [7, 11) is 0. The molecule has 2 rings (SSSR count). The molecule has 0 unspecified atom stereocenters. The van der Waals surface area contributed by atoms with Gasteiger partial charge in [-0.2, -0.15) is 11.3 Å². The van der Waals surface area contributed by atoms with Crippen LogP contribution >= 0.6 is 11.3 Å². The summed E-state index contributed by atoms with van der Waals surface area (Å²) in [6.07, 6.45) is 0. The minimum absolute atomic E-state index is 0.808. The lowest BCUT2D eigenvalue weighted by molar-refractivity contribution is 0.993. The number of aromatic nitrogens is 2. The van der Waals surface area contributed by atoms with Crippen LogP contribution in [0.1, 0.15) is 17.1 Å². The summed E-state index contributed by atoms with van der Waals surface area (Å²) in [5, 5.41) is 7.49. The highest BCUT2D eigenvalue weighted by molar-refractivity contribution is 7.07. The first-order valence-electron chi connectivity index (χ1n) is 4.81. The van der Waals surface area contributed by atoms with Crippen LogP contribution in [0.25, 0.3) is 0 Å². The van der Waals surface area contributed by atoms with Crippen molar-refractivity contribution < 1.29 is 0 Å². The maximum Gasteiger partial charge on any atom is 0.130 e. The van der Waals surface area contributed by atoms with Crippen molar-refractivity contribution >= 4 is 17.2 Å². The predicted octanol–water partition coefficient (Wildman–Crippen LogP) is 2.77. The molecule has 0 amide bonds. The monoisotopic (exact) mass is 219 g/mol. The van der Waals surface area contributed by atoms with Crippen molar-refractivity contribution in [3.63, 3.8) is 0 Å². The molecule has 1 N–H and O–H groups in total. The molecule has 0 bridgehead atoms. The van der Waals surface area contributed by atoms with Gasteiger partial charge in [0.05, 0.1) is 0 Å². The third kappa shape index (κ3) is 2.76. The standard InChI is InChI=1S/C11H13N3S/c1-8-5-11(14-9(2)13-8)12-6-10-3-4-15-7-10/h3-5,7H,6H2,1-2H3,(H,12,13,14). The second-order valence-electron chi connectivity index (χ2n) is 3.43. The molecule has 2 aromatic rings. The quantitative estimate of drug-likeness (QED) is 0.862. The van der Waals surface area contributed by atoms with Crippen LogP contribution in [0.15, 0.2) is 22.9 Å². The molecule has 2 heterocycles. The van der Waals surface area contributed by atoms with Crippen LogP contribution < -0.4 is 5.32 Å². The van der Waals surface area contributed by atoms with Gasteiger partial charge in [0.15, 0.2) is 0 Å². The van der Waals surface area contributed by atoms with E-state index in [4.69, 9.17) is 0 Å². The topological polar surface area (TPSA) is 37.8 Å². The first-order chi connectivity index (χ1) is 7.24. The maximum absolute atomic E-state index is 4.31. The Balaban J connectivity index is 2.05. The zero-order valence-corrected chi connectivity index (χ0v) is 9.64. The number of aryl methyl sites for hydroxylation is 2. The van der Waals surface area contributed by atoms with E-state index in [9.17, 15) is 0 Å². The van der Waals surface area contributed by atoms with Crippen LogP contribution in [0.2, 0.25) is 0 Å². The molecule has 3 nitrogen and oxygen atoms in total. The van der Waals surface area contributed by atoms with E-state index in [1.54, 1.807) is 11.3 Å². The Morgan fingerprint density at radius 1 is 1.33 bits per heavy atom. The largest absolute Gasteiger partial charge is 0.366 e. The molecule has 0 saturated carbocycles. The lowest BCUT2D eigenvalue weighted by atomic mass is 10.3. The third-order valence-electron chi connectivity index (χ3n) is 2.02. The highest BCUT2D eigenvalue weighted by atomic mass is 32.1. The van der Waals surface area contributed by atoms with E-state index in [1.165, 1.54) is 5.56 Å². The summed E-state index contributed by atoms with van der Waals surface area (Å²) >= 11 is 1.71. The number of nitrogens with one attached hydrogen (secondary N) is 1. The van der Waals surface area contributed by atoms with Crippen LogP contribution in [-0.2, 0) is 6.54 Å². The summed E-state index contributed by atoms with van der Waals surface area (Å²) in [6.45, 7) is 4.70. The Kier molecular flexibility index (Phi) is 2.97. The van der Waals surface area contributed by atoms with Gasteiger partial charge < -0.3 is 5.32 Å². The van der Waals surface area contributed by atoms with Crippen LogP contribution in [0.4, 0.5) is 5.82 Å². The fourth-order valence-corrected chi connectivity index (χ4v) is 2.06. The molecule has 0 fully saturated rings. The van der Waals surface area contributed by atoms with Crippen LogP contribution in [0.5, 0.6) is 0 Å². The van der Waals surface area contributed by atoms with E-state index in [1.807, 2.05) is 19.9 Å². The van der Waals surface area contributed by atoms with Crippen molar-refractivity contribution in [3.8, 4) is 0 Å². The molecular weight excluding hydrogens is 206 g/mol. The van der Waals surface area contributed by atoms with Crippen molar-refractivity contribution in [1.82, 2.24) is 9.97 Å². The van der Waals surface area contributed by atoms with E-state index in [-0.39, 0.29) is 0 Å². The highest BCUT2D eigenvalue weighted by Crippen LogP contribution is 2.10. The zero-order valence-electron chi connectivity index (χ0n) is 8.82. The number of nitrogens with zero attached hydrogens (tertiary/aromatic N) is 2. The predicted molar refractivity (Wildman–Crippen MR) is 63.2 cm³/mol. The summed E-state index contributed by atoms with van der Waals surface area (Å²) in [6, 6.07) is 4.07. The van der Waals surface area contributed by atoms with Crippen molar-refractivity contribution in [2.45, 2.75) is 20.4 Å². The van der Waals surface area contributed by atoms with Crippen molar-refractivity contribution in [1.29, 1.82) is 0 Å². The molecule has 0 aliphatic rings.